The molecule has 0 spiro atoms. The number of anilines is 1. The number of hydrogen-bond donors (Lipinski definition) is 1. The van der Waals surface area contributed by atoms with Gasteiger partial charge in [-0.25, -0.2) is 4.98 Å². The van der Waals surface area contributed by atoms with E-state index in [4.69, 9.17) is 16.1 Å². The first-order valence-electron chi connectivity index (χ1n) is 7.71. The van der Waals surface area contributed by atoms with Gasteiger partial charge in [-0.2, -0.15) is 0 Å². The van der Waals surface area contributed by atoms with Gasteiger partial charge >= 0.3 is 0 Å². The fourth-order valence-corrected chi connectivity index (χ4v) is 3.99. The van der Waals surface area contributed by atoms with E-state index in [2.05, 4.69) is 15.5 Å². The number of carbonyl (C=O) groups is 1. The predicted octanol–water partition coefficient (Wildman–Crippen LogP) is 4.89. The van der Waals surface area contributed by atoms with Crippen LogP contribution < -0.4 is 5.32 Å². The molecule has 0 bridgehead atoms. The number of benzene rings is 2. The third kappa shape index (κ3) is 3.10. The van der Waals surface area contributed by atoms with Crippen molar-refractivity contribution in [2.45, 2.75) is 20.3 Å². The fraction of sp³-hybridized carbons (Fsp3) is 0.167. The zero-order valence-corrected chi connectivity index (χ0v) is 15.2. The number of aryl methyl sites for hydroxylation is 2. The van der Waals surface area contributed by atoms with Crippen molar-refractivity contribution in [3.05, 3.63) is 52.2 Å². The molecule has 0 radical (unpaired) electrons. The van der Waals surface area contributed by atoms with E-state index < -0.39 is 0 Å². The Balaban J connectivity index is 1.57. The van der Waals surface area contributed by atoms with Gasteiger partial charge in [-0.05, 0) is 49.2 Å². The zero-order chi connectivity index (χ0) is 17.6. The molecule has 7 heteroatoms. The molecule has 0 fully saturated rings. The molecule has 2 aromatic carbocycles. The average molecular weight is 372 g/mol. The van der Waals surface area contributed by atoms with Gasteiger partial charge in [0.2, 0.25) is 5.91 Å². The van der Waals surface area contributed by atoms with Crippen molar-refractivity contribution in [1.29, 1.82) is 0 Å². The third-order valence-electron chi connectivity index (χ3n) is 3.90. The van der Waals surface area contributed by atoms with Crippen molar-refractivity contribution in [2.75, 3.05) is 5.32 Å². The van der Waals surface area contributed by atoms with Gasteiger partial charge in [-0.1, -0.05) is 34.2 Å². The van der Waals surface area contributed by atoms with Gasteiger partial charge in [0.05, 0.1) is 16.6 Å². The number of rotatable bonds is 3. The van der Waals surface area contributed by atoms with Gasteiger partial charge in [0.1, 0.15) is 5.69 Å². The topological polar surface area (TPSA) is 68.0 Å². The van der Waals surface area contributed by atoms with Gasteiger partial charge in [-0.3, -0.25) is 4.79 Å². The van der Waals surface area contributed by atoms with E-state index in [1.54, 1.807) is 6.07 Å². The van der Waals surface area contributed by atoms with E-state index in [0.717, 1.165) is 32.3 Å². The number of aromatic nitrogens is 2. The number of halogens is 1. The molecule has 5 nitrogen and oxygen atoms in total. The highest BCUT2D eigenvalue weighted by molar-refractivity contribution is 7.22. The maximum Gasteiger partial charge on any atom is 0.232 e. The van der Waals surface area contributed by atoms with Crippen LogP contribution in [0, 0.1) is 13.8 Å². The standard InChI is InChI=1S/C18H14ClN3O2S/c1-9-5-10(2)17-12(6-9)14(22-24-17)8-16(23)21-18-20-13-4-3-11(19)7-15(13)25-18/h3-7H,8H2,1-2H3,(H,20,21,23). The Hall–Kier alpha value is -2.44. The van der Waals surface area contributed by atoms with E-state index >= 15 is 0 Å². The summed E-state index contributed by atoms with van der Waals surface area (Å²) in [6, 6.07) is 9.47. The molecule has 0 atom stereocenters. The van der Waals surface area contributed by atoms with Crippen LogP contribution in [-0.4, -0.2) is 16.0 Å². The smallest absolute Gasteiger partial charge is 0.232 e. The summed E-state index contributed by atoms with van der Waals surface area (Å²) in [7, 11) is 0. The molecule has 0 saturated heterocycles. The Bertz CT molecular complexity index is 1120. The first kappa shape index (κ1) is 16.1. The lowest BCUT2D eigenvalue weighted by Gasteiger charge is -2.00. The van der Waals surface area contributed by atoms with Crippen LogP contribution in [0.2, 0.25) is 5.02 Å². The van der Waals surface area contributed by atoms with E-state index in [0.29, 0.717) is 15.8 Å². The molecule has 2 heterocycles. The van der Waals surface area contributed by atoms with Crippen LogP contribution in [0.4, 0.5) is 5.13 Å². The van der Waals surface area contributed by atoms with Crippen molar-refractivity contribution >= 4 is 55.2 Å². The van der Waals surface area contributed by atoms with Crippen molar-refractivity contribution in [1.82, 2.24) is 10.1 Å². The summed E-state index contributed by atoms with van der Waals surface area (Å²) in [6.45, 7) is 3.98. The summed E-state index contributed by atoms with van der Waals surface area (Å²) in [5, 5.41) is 8.96. The summed E-state index contributed by atoms with van der Waals surface area (Å²) in [5.74, 6) is -0.181. The highest BCUT2D eigenvalue weighted by atomic mass is 35.5. The average Bonchev–Trinajstić information content (AvgIpc) is 3.11. The number of amides is 1. The largest absolute Gasteiger partial charge is 0.356 e. The minimum absolute atomic E-state index is 0.132. The molecule has 4 rings (SSSR count). The highest BCUT2D eigenvalue weighted by Crippen LogP contribution is 2.29. The molecule has 25 heavy (non-hydrogen) atoms. The second-order valence-electron chi connectivity index (χ2n) is 5.94. The Morgan fingerprint density at radius 2 is 2.12 bits per heavy atom. The van der Waals surface area contributed by atoms with Gasteiger partial charge in [0, 0.05) is 10.4 Å². The molecule has 1 amide bonds. The second kappa shape index (κ2) is 6.13. The van der Waals surface area contributed by atoms with Gasteiger partial charge in [0.25, 0.3) is 0 Å². The van der Waals surface area contributed by atoms with Crippen molar-refractivity contribution in [3.63, 3.8) is 0 Å². The minimum atomic E-state index is -0.181. The lowest BCUT2D eigenvalue weighted by atomic mass is 10.1. The SMILES string of the molecule is Cc1cc(C)c2onc(CC(=O)Nc3nc4ccc(Cl)cc4s3)c2c1. The van der Waals surface area contributed by atoms with Crippen molar-refractivity contribution < 1.29 is 9.32 Å². The van der Waals surface area contributed by atoms with E-state index in [1.807, 2.05) is 38.1 Å². The number of nitrogens with one attached hydrogen (secondary N) is 1. The van der Waals surface area contributed by atoms with E-state index in [9.17, 15) is 4.79 Å². The highest BCUT2D eigenvalue weighted by Gasteiger charge is 2.15. The Morgan fingerprint density at radius 1 is 1.28 bits per heavy atom. The summed E-state index contributed by atoms with van der Waals surface area (Å²) < 4.78 is 6.32. The number of fused-ring (bicyclic) bond motifs is 2. The molecule has 0 aliphatic rings. The molecule has 0 saturated carbocycles. The molecule has 126 valence electrons. The van der Waals surface area contributed by atoms with Crippen LogP contribution in [0.5, 0.6) is 0 Å². The van der Waals surface area contributed by atoms with E-state index in [1.165, 1.54) is 11.3 Å². The van der Waals surface area contributed by atoms with Crippen LogP contribution >= 0.6 is 22.9 Å². The second-order valence-corrected chi connectivity index (χ2v) is 7.41. The van der Waals surface area contributed by atoms with Crippen LogP contribution in [0.15, 0.2) is 34.9 Å². The quantitative estimate of drug-likeness (QED) is 0.556. The molecular weight excluding hydrogens is 358 g/mol. The summed E-state index contributed by atoms with van der Waals surface area (Å²) in [6.07, 6.45) is 0.132. The van der Waals surface area contributed by atoms with Gasteiger partial charge in [0.15, 0.2) is 10.7 Å². The van der Waals surface area contributed by atoms with Crippen molar-refractivity contribution in [3.8, 4) is 0 Å². The molecular formula is C18H14ClN3O2S. The number of nitrogens with zero attached hydrogens (tertiary/aromatic N) is 2. The van der Waals surface area contributed by atoms with Crippen molar-refractivity contribution in [2.24, 2.45) is 0 Å². The molecule has 2 aromatic heterocycles. The molecule has 0 aliphatic carbocycles. The molecule has 4 aromatic rings. The van der Waals surface area contributed by atoms with Crippen LogP contribution in [-0.2, 0) is 11.2 Å². The number of thiazole rings is 1. The minimum Gasteiger partial charge on any atom is -0.356 e. The maximum atomic E-state index is 12.4. The van der Waals surface area contributed by atoms with Crippen LogP contribution in [0.3, 0.4) is 0 Å². The summed E-state index contributed by atoms with van der Waals surface area (Å²) in [5.41, 5.74) is 4.28. The van der Waals surface area contributed by atoms with Crippen LogP contribution in [0.1, 0.15) is 16.8 Å². The predicted molar refractivity (Wildman–Crippen MR) is 100 cm³/mol. The zero-order valence-electron chi connectivity index (χ0n) is 13.6. The maximum absolute atomic E-state index is 12.4. The van der Waals surface area contributed by atoms with Gasteiger partial charge in [-0.15, -0.1) is 0 Å². The Kier molecular flexibility index (Phi) is 3.94. The van der Waals surface area contributed by atoms with E-state index in [-0.39, 0.29) is 12.3 Å². The van der Waals surface area contributed by atoms with Gasteiger partial charge < -0.3 is 9.84 Å². The normalized spacial score (nSPS) is 11.3. The Morgan fingerprint density at radius 3 is 2.96 bits per heavy atom. The Labute approximate surface area is 152 Å². The number of carbonyl (C=O) groups excluding carboxylic acids is 1. The van der Waals surface area contributed by atoms with Crippen LogP contribution in [0.25, 0.3) is 21.2 Å². The fourth-order valence-electron chi connectivity index (χ4n) is 2.83. The first-order chi connectivity index (χ1) is 12.0. The summed E-state index contributed by atoms with van der Waals surface area (Å²) >= 11 is 7.37. The summed E-state index contributed by atoms with van der Waals surface area (Å²) in [4.78, 5) is 16.8. The number of hydrogen-bond acceptors (Lipinski definition) is 5. The first-order valence-corrected chi connectivity index (χ1v) is 8.90. The monoisotopic (exact) mass is 371 g/mol. The third-order valence-corrected chi connectivity index (χ3v) is 5.07. The lowest BCUT2D eigenvalue weighted by Crippen LogP contribution is -2.14. The molecule has 1 N–H and O–H groups in total. The lowest BCUT2D eigenvalue weighted by molar-refractivity contribution is -0.115. The molecule has 0 aliphatic heterocycles. The molecule has 0 unspecified atom stereocenters.